The fourth-order valence-corrected chi connectivity index (χ4v) is 1.77. The van der Waals surface area contributed by atoms with Gasteiger partial charge in [0.2, 0.25) is 0 Å². The van der Waals surface area contributed by atoms with Gasteiger partial charge >= 0.3 is 0 Å². The van der Waals surface area contributed by atoms with Crippen molar-refractivity contribution < 1.29 is 4.74 Å². The minimum atomic E-state index is -0.306. The van der Waals surface area contributed by atoms with Gasteiger partial charge in [0, 0.05) is 0 Å². The molecule has 0 heterocycles. The van der Waals surface area contributed by atoms with Crippen molar-refractivity contribution >= 4 is 0 Å². The lowest BCUT2D eigenvalue weighted by Crippen LogP contribution is -2.12. The molecule has 0 saturated heterocycles. The molecule has 0 fully saturated rings. The maximum absolute atomic E-state index is 9.01. The third-order valence-electron chi connectivity index (χ3n) is 2.67. The summed E-state index contributed by atoms with van der Waals surface area (Å²) in [5, 5.41) is 9.01. The Bertz CT molecular complexity index is 402. The SMILES string of the molecule is CCc1cc(CC(C)(C)C#N)ccc1OC. The molecular weight excluding hydrogens is 198 g/mol. The molecule has 1 aromatic carbocycles. The van der Waals surface area contributed by atoms with Gasteiger partial charge in [-0.25, -0.2) is 0 Å². The van der Waals surface area contributed by atoms with Gasteiger partial charge < -0.3 is 4.74 Å². The smallest absolute Gasteiger partial charge is 0.122 e. The van der Waals surface area contributed by atoms with Crippen molar-refractivity contribution in [2.75, 3.05) is 7.11 Å². The van der Waals surface area contributed by atoms with E-state index in [0.29, 0.717) is 0 Å². The Labute approximate surface area is 97.9 Å². The van der Waals surface area contributed by atoms with Crippen LogP contribution in [-0.2, 0) is 12.8 Å². The van der Waals surface area contributed by atoms with Crippen LogP contribution in [0.15, 0.2) is 18.2 Å². The van der Waals surface area contributed by atoms with E-state index in [2.05, 4.69) is 19.1 Å². The Balaban J connectivity index is 2.97. The summed E-state index contributed by atoms with van der Waals surface area (Å²) in [5.41, 5.74) is 2.09. The van der Waals surface area contributed by atoms with Crippen LogP contribution < -0.4 is 4.74 Å². The molecular formula is C14H19NO. The highest BCUT2D eigenvalue weighted by Gasteiger charge is 2.17. The van der Waals surface area contributed by atoms with E-state index in [-0.39, 0.29) is 5.41 Å². The zero-order valence-corrected chi connectivity index (χ0v) is 10.5. The fourth-order valence-electron chi connectivity index (χ4n) is 1.77. The maximum atomic E-state index is 9.01. The largest absolute Gasteiger partial charge is 0.496 e. The van der Waals surface area contributed by atoms with Crippen molar-refractivity contribution in [3.05, 3.63) is 29.3 Å². The molecule has 86 valence electrons. The summed E-state index contributed by atoms with van der Waals surface area (Å²) in [5.74, 6) is 0.931. The van der Waals surface area contributed by atoms with Crippen molar-refractivity contribution in [3.63, 3.8) is 0 Å². The summed E-state index contributed by atoms with van der Waals surface area (Å²) in [4.78, 5) is 0. The molecule has 0 aromatic heterocycles. The predicted octanol–water partition coefficient (Wildman–Crippen LogP) is 3.35. The number of aryl methyl sites for hydroxylation is 1. The summed E-state index contributed by atoms with van der Waals surface area (Å²) in [6, 6.07) is 8.49. The predicted molar refractivity (Wildman–Crippen MR) is 65.5 cm³/mol. The molecule has 2 heteroatoms. The summed E-state index contributed by atoms with van der Waals surface area (Å²) in [6.45, 7) is 6.03. The van der Waals surface area contributed by atoms with Crippen molar-refractivity contribution in [2.24, 2.45) is 5.41 Å². The first kappa shape index (κ1) is 12.6. The average molecular weight is 217 g/mol. The van der Waals surface area contributed by atoms with E-state index in [9.17, 15) is 0 Å². The minimum absolute atomic E-state index is 0.306. The third kappa shape index (κ3) is 3.00. The Morgan fingerprint density at radius 3 is 2.56 bits per heavy atom. The number of rotatable bonds is 4. The molecule has 0 bridgehead atoms. The number of nitriles is 1. The molecule has 1 aromatic rings. The Morgan fingerprint density at radius 1 is 1.38 bits per heavy atom. The molecule has 0 atom stereocenters. The molecule has 0 radical (unpaired) electrons. The van der Waals surface area contributed by atoms with E-state index in [1.807, 2.05) is 26.0 Å². The van der Waals surface area contributed by atoms with Crippen LogP contribution in [0.2, 0.25) is 0 Å². The number of methoxy groups -OCH3 is 1. The van der Waals surface area contributed by atoms with E-state index < -0.39 is 0 Å². The van der Waals surface area contributed by atoms with Gasteiger partial charge in [0.25, 0.3) is 0 Å². The topological polar surface area (TPSA) is 33.0 Å². The molecule has 0 aliphatic carbocycles. The van der Waals surface area contributed by atoms with Crippen LogP contribution in [0, 0.1) is 16.7 Å². The van der Waals surface area contributed by atoms with Crippen molar-refractivity contribution in [2.45, 2.75) is 33.6 Å². The first-order chi connectivity index (χ1) is 7.52. The maximum Gasteiger partial charge on any atom is 0.122 e. The number of benzene rings is 1. The highest BCUT2D eigenvalue weighted by atomic mass is 16.5. The highest BCUT2D eigenvalue weighted by Crippen LogP contribution is 2.25. The second-order valence-electron chi connectivity index (χ2n) is 4.67. The van der Waals surface area contributed by atoms with Gasteiger partial charge in [0.15, 0.2) is 0 Å². The summed E-state index contributed by atoms with van der Waals surface area (Å²) < 4.78 is 5.28. The molecule has 1 rings (SSSR count). The van der Waals surface area contributed by atoms with Crippen LogP contribution in [0.25, 0.3) is 0 Å². The van der Waals surface area contributed by atoms with Gasteiger partial charge in [-0.05, 0) is 43.9 Å². The molecule has 2 nitrogen and oxygen atoms in total. The van der Waals surface area contributed by atoms with Gasteiger partial charge in [0.05, 0.1) is 18.6 Å². The zero-order chi connectivity index (χ0) is 12.2. The van der Waals surface area contributed by atoms with Crippen LogP contribution >= 0.6 is 0 Å². The van der Waals surface area contributed by atoms with E-state index in [0.717, 1.165) is 18.6 Å². The first-order valence-corrected chi connectivity index (χ1v) is 5.59. The second-order valence-corrected chi connectivity index (χ2v) is 4.67. The van der Waals surface area contributed by atoms with Crippen LogP contribution in [0.5, 0.6) is 5.75 Å². The summed E-state index contributed by atoms with van der Waals surface area (Å²) in [7, 11) is 1.69. The Kier molecular flexibility index (Phi) is 3.95. The molecule has 16 heavy (non-hydrogen) atoms. The number of hydrogen-bond acceptors (Lipinski definition) is 2. The average Bonchev–Trinajstić information content (AvgIpc) is 2.28. The number of ether oxygens (including phenoxy) is 1. The van der Waals surface area contributed by atoms with Crippen molar-refractivity contribution in [3.8, 4) is 11.8 Å². The van der Waals surface area contributed by atoms with Crippen LogP contribution in [0.4, 0.5) is 0 Å². The molecule has 0 N–H and O–H groups in total. The Hall–Kier alpha value is -1.49. The minimum Gasteiger partial charge on any atom is -0.496 e. The first-order valence-electron chi connectivity index (χ1n) is 5.59. The van der Waals surface area contributed by atoms with Crippen LogP contribution in [0.3, 0.4) is 0 Å². The zero-order valence-electron chi connectivity index (χ0n) is 10.5. The lowest BCUT2D eigenvalue weighted by molar-refractivity contribution is 0.409. The fraction of sp³-hybridized carbons (Fsp3) is 0.500. The summed E-state index contributed by atoms with van der Waals surface area (Å²) in [6.07, 6.45) is 1.73. The molecule has 0 aliphatic heterocycles. The van der Waals surface area contributed by atoms with Gasteiger partial charge in [0.1, 0.15) is 5.75 Å². The van der Waals surface area contributed by atoms with Gasteiger partial charge in [-0.3, -0.25) is 0 Å². The molecule has 0 saturated carbocycles. The van der Waals surface area contributed by atoms with E-state index in [1.165, 1.54) is 11.1 Å². The van der Waals surface area contributed by atoms with Gasteiger partial charge in [-0.15, -0.1) is 0 Å². The lowest BCUT2D eigenvalue weighted by atomic mass is 9.87. The molecule has 0 spiro atoms. The lowest BCUT2D eigenvalue weighted by Gasteiger charge is -2.16. The van der Waals surface area contributed by atoms with E-state index in [4.69, 9.17) is 10.00 Å². The van der Waals surface area contributed by atoms with Crippen molar-refractivity contribution in [1.29, 1.82) is 5.26 Å². The molecule has 0 unspecified atom stereocenters. The standard InChI is InChI=1S/C14H19NO/c1-5-12-8-11(6-7-13(12)16-4)9-14(2,3)10-15/h6-8H,5,9H2,1-4H3. The summed E-state index contributed by atoms with van der Waals surface area (Å²) >= 11 is 0. The van der Waals surface area contributed by atoms with Crippen molar-refractivity contribution in [1.82, 2.24) is 0 Å². The quantitative estimate of drug-likeness (QED) is 0.774. The number of nitrogens with zero attached hydrogens (tertiary/aromatic N) is 1. The molecule has 0 amide bonds. The molecule has 0 aliphatic rings. The second kappa shape index (κ2) is 5.03. The normalized spacial score (nSPS) is 10.9. The number of hydrogen-bond donors (Lipinski definition) is 0. The Morgan fingerprint density at radius 2 is 2.06 bits per heavy atom. The third-order valence-corrected chi connectivity index (χ3v) is 2.67. The van der Waals surface area contributed by atoms with E-state index in [1.54, 1.807) is 7.11 Å². The van der Waals surface area contributed by atoms with E-state index >= 15 is 0 Å². The van der Waals surface area contributed by atoms with Gasteiger partial charge in [-0.1, -0.05) is 19.1 Å². The highest BCUT2D eigenvalue weighted by molar-refractivity contribution is 5.37. The van der Waals surface area contributed by atoms with Crippen LogP contribution in [0.1, 0.15) is 31.9 Å². The monoisotopic (exact) mass is 217 g/mol. The van der Waals surface area contributed by atoms with Gasteiger partial charge in [-0.2, -0.15) is 5.26 Å². The van der Waals surface area contributed by atoms with Crippen LogP contribution in [-0.4, -0.2) is 7.11 Å².